The van der Waals surface area contributed by atoms with Crippen molar-refractivity contribution in [1.29, 1.82) is 0 Å². The molecule has 1 aliphatic heterocycles. The third kappa shape index (κ3) is 1.98. The summed E-state index contributed by atoms with van der Waals surface area (Å²) < 4.78 is 0. The van der Waals surface area contributed by atoms with Gasteiger partial charge in [0.15, 0.2) is 5.11 Å². The van der Waals surface area contributed by atoms with E-state index in [0.29, 0.717) is 5.11 Å². The van der Waals surface area contributed by atoms with Crippen molar-refractivity contribution in [2.75, 3.05) is 0 Å². The van der Waals surface area contributed by atoms with Crippen LogP contribution in [0.2, 0.25) is 0 Å². The summed E-state index contributed by atoms with van der Waals surface area (Å²) in [6, 6.07) is 7.09. The molecular formula is C19H24N2S. The largest absolute Gasteiger partial charge is 0.346 e. The van der Waals surface area contributed by atoms with Crippen LogP contribution in [-0.2, 0) is 18.4 Å². The predicted octanol–water partition coefficient (Wildman–Crippen LogP) is 4.16. The van der Waals surface area contributed by atoms with Crippen LogP contribution in [0.4, 0.5) is 0 Å². The fraction of sp³-hybridized carbons (Fsp3) is 0.579. The van der Waals surface area contributed by atoms with Crippen molar-refractivity contribution in [3.8, 4) is 0 Å². The van der Waals surface area contributed by atoms with Gasteiger partial charge in [-0.15, -0.1) is 0 Å². The number of aliphatic imine (C=N–C) groups is 1. The molecule has 0 radical (unpaired) electrons. The van der Waals surface area contributed by atoms with Crippen molar-refractivity contribution in [2.24, 2.45) is 16.3 Å². The normalized spacial score (nSPS) is 28.7. The van der Waals surface area contributed by atoms with E-state index < -0.39 is 0 Å². The Morgan fingerprint density at radius 2 is 2.09 bits per heavy atom. The lowest BCUT2D eigenvalue weighted by atomic mass is 9.70. The Labute approximate surface area is 138 Å². The zero-order valence-corrected chi connectivity index (χ0v) is 14.5. The molecule has 1 atom stereocenters. The molecule has 3 heteroatoms. The molecule has 0 saturated heterocycles. The van der Waals surface area contributed by atoms with E-state index in [1.54, 1.807) is 0 Å². The van der Waals surface area contributed by atoms with E-state index in [1.165, 1.54) is 42.4 Å². The summed E-state index contributed by atoms with van der Waals surface area (Å²) in [5.41, 5.74) is 5.35. The Bertz CT molecular complexity index is 685. The molecule has 4 rings (SSSR count). The first-order chi connectivity index (χ1) is 10.4. The van der Waals surface area contributed by atoms with Crippen LogP contribution >= 0.6 is 12.2 Å². The number of nitrogens with zero attached hydrogens (tertiary/aromatic N) is 1. The molecule has 1 N–H and O–H groups in total. The monoisotopic (exact) mass is 312 g/mol. The van der Waals surface area contributed by atoms with Crippen molar-refractivity contribution in [3.63, 3.8) is 0 Å². The van der Waals surface area contributed by atoms with E-state index in [4.69, 9.17) is 12.2 Å². The second-order valence-electron chi connectivity index (χ2n) is 7.91. The molecule has 1 spiro atoms. The number of fused-ring (bicyclic) bond motifs is 2. The van der Waals surface area contributed by atoms with Gasteiger partial charge in [0, 0.05) is 11.1 Å². The molecule has 1 saturated carbocycles. The first kappa shape index (κ1) is 14.4. The van der Waals surface area contributed by atoms with Gasteiger partial charge in [-0.3, -0.25) is 0 Å². The maximum Gasteiger partial charge on any atom is 0.193 e. The zero-order valence-electron chi connectivity index (χ0n) is 13.7. The second kappa shape index (κ2) is 4.64. The molecule has 22 heavy (non-hydrogen) atoms. The standard InChI is InChI=1S/C19H24N2S/c1-12-19(21-17(22)20-12)16-10-14(7-6-13-4-5-13)8-9-15(16)11-18(19,2)3/h8-10,13H,4-7,11H2,1-3H3,(H,21,22). The zero-order chi connectivity index (χ0) is 15.5. The minimum absolute atomic E-state index is 0.0958. The molecule has 0 bridgehead atoms. The first-order valence-corrected chi connectivity index (χ1v) is 8.83. The van der Waals surface area contributed by atoms with E-state index in [0.717, 1.165) is 18.1 Å². The smallest absolute Gasteiger partial charge is 0.193 e. The van der Waals surface area contributed by atoms with E-state index >= 15 is 0 Å². The molecule has 116 valence electrons. The predicted molar refractivity (Wildman–Crippen MR) is 95.5 cm³/mol. The summed E-state index contributed by atoms with van der Waals surface area (Å²) in [4.78, 5) is 4.57. The van der Waals surface area contributed by atoms with Crippen LogP contribution in [0.1, 0.15) is 56.7 Å². The van der Waals surface area contributed by atoms with Gasteiger partial charge in [-0.05, 0) is 61.0 Å². The number of hydrogen-bond donors (Lipinski definition) is 1. The molecule has 2 nitrogen and oxygen atoms in total. The van der Waals surface area contributed by atoms with Crippen LogP contribution in [0.25, 0.3) is 0 Å². The average molecular weight is 312 g/mol. The summed E-state index contributed by atoms with van der Waals surface area (Å²) in [6.45, 7) is 6.79. The summed E-state index contributed by atoms with van der Waals surface area (Å²) >= 11 is 5.36. The number of aryl methyl sites for hydroxylation is 1. The van der Waals surface area contributed by atoms with Gasteiger partial charge in [0.05, 0.1) is 0 Å². The van der Waals surface area contributed by atoms with E-state index in [-0.39, 0.29) is 11.0 Å². The molecule has 1 aromatic carbocycles. The van der Waals surface area contributed by atoms with Gasteiger partial charge >= 0.3 is 0 Å². The van der Waals surface area contributed by atoms with Crippen molar-refractivity contribution < 1.29 is 0 Å². The Kier molecular flexibility index (Phi) is 3.03. The van der Waals surface area contributed by atoms with Crippen molar-refractivity contribution in [3.05, 3.63) is 34.9 Å². The highest BCUT2D eigenvalue weighted by atomic mass is 32.1. The maximum absolute atomic E-state index is 5.36. The highest BCUT2D eigenvalue weighted by molar-refractivity contribution is 7.80. The summed E-state index contributed by atoms with van der Waals surface area (Å²) in [5.74, 6) is 0.985. The molecule has 0 amide bonds. The topological polar surface area (TPSA) is 24.4 Å². The molecule has 1 unspecified atom stereocenters. The van der Waals surface area contributed by atoms with Crippen LogP contribution in [-0.4, -0.2) is 10.8 Å². The van der Waals surface area contributed by atoms with Crippen LogP contribution in [0, 0.1) is 11.3 Å². The van der Waals surface area contributed by atoms with Gasteiger partial charge in [0.25, 0.3) is 0 Å². The average Bonchev–Trinajstić information content (AvgIpc) is 3.17. The highest BCUT2D eigenvalue weighted by Gasteiger charge is 2.56. The number of thiocarbonyl (C=S) groups is 1. The molecular weight excluding hydrogens is 288 g/mol. The van der Waals surface area contributed by atoms with Crippen molar-refractivity contribution >= 4 is 23.0 Å². The van der Waals surface area contributed by atoms with Crippen LogP contribution in [0.15, 0.2) is 23.2 Å². The Hall–Kier alpha value is -1.22. The second-order valence-corrected chi connectivity index (χ2v) is 8.30. The van der Waals surface area contributed by atoms with Gasteiger partial charge < -0.3 is 5.32 Å². The Morgan fingerprint density at radius 3 is 2.73 bits per heavy atom. The van der Waals surface area contributed by atoms with Gasteiger partial charge in [0.2, 0.25) is 0 Å². The van der Waals surface area contributed by atoms with Gasteiger partial charge in [-0.1, -0.05) is 44.9 Å². The van der Waals surface area contributed by atoms with Crippen LogP contribution < -0.4 is 5.32 Å². The SMILES string of the molecule is CC1=NC(=S)NC12c1cc(CCC3CC3)ccc1CC2(C)C. The quantitative estimate of drug-likeness (QED) is 0.848. The number of benzene rings is 1. The van der Waals surface area contributed by atoms with Crippen LogP contribution in [0.5, 0.6) is 0 Å². The van der Waals surface area contributed by atoms with Gasteiger partial charge in [-0.2, -0.15) is 0 Å². The fourth-order valence-electron chi connectivity index (χ4n) is 4.47. The summed E-state index contributed by atoms with van der Waals surface area (Å²) in [6.07, 6.45) is 6.49. The first-order valence-electron chi connectivity index (χ1n) is 8.42. The lowest BCUT2D eigenvalue weighted by Gasteiger charge is -2.39. The summed E-state index contributed by atoms with van der Waals surface area (Å²) in [7, 11) is 0. The molecule has 1 aromatic rings. The minimum atomic E-state index is -0.199. The van der Waals surface area contributed by atoms with Crippen LogP contribution in [0.3, 0.4) is 0 Å². The third-order valence-corrected chi connectivity index (χ3v) is 6.06. The lowest BCUT2D eigenvalue weighted by molar-refractivity contribution is 0.243. The van der Waals surface area contributed by atoms with Crippen molar-refractivity contribution in [1.82, 2.24) is 5.32 Å². The van der Waals surface area contributed by atoms with E-state index in [1.807, 2.05) is 0 Å². The number of rotatable bonds is 3. The maximum atomic E-state index is 5.36. The van der Waals surface area contributed by atoms with Gasteiger partial charge in [-0.25, -0.2) is 4.99 Å². The third-order valence-electron chi connectivity index (χ3n) is 5.87. The molecule has 3 aliphatic rings. The Morgan fingerprint density at radius 1 is 1.32 bits per heavy atom. The minimum Gasteiger partial charge on any atom is -0.346 e. The van der Waals surface area contributed by atoms with Crippen molar-refractivity contribution in [2.45, 2.75) is 58.4 Å². The van der Waals surface area contributed by atoms with E-state index in [2.05, 4.69) is 49.3 Å². The number of hydrogen-bond acceptors (Lipinski definition) is 1. The highest BCUT2D eigenvalue weighted by Crippen LogP contribution is 2.52. The van der Waals surface area contributed by atoms with Gasteiger partial charge in [0.1, 0.15) is 5.54 Å². The number of nitrogens with one attached hydrogen (secondary N) is 1. The summed E-state index contributed by atoms with van der Waals surface area (Å²) in [5, 5.41) is 4.20. The molecule has 1 heterocycles. The van der Waals surface area contributed by atoms with E-state index in [9.17, 15) is 0 Å². The Balaban J connectivity index is 1.75. The lowest BCUT2D eigenvalue weighted by Crippen LogP contribution is -2.53. The molecule has 2 aliphatic carbocycles. The fourth-order valence-corrected chi connectivity index (χ4v) is 4.76. The molecule has 0 aromatic heterocycles. The molecule has 1 fully saturated rings.